The van der Waals surface area contributed by atoms with Gasteiger partial charge < -0.3 is 0 Å². The Morgan fingerprint density at radius 1 is 1.42 bits per heavy atom. The lowest BCUT2D eigenvalue weighted by Crippen LogP contribution is -2.02. The first-order valence-corrected chi connectivity index (χ1v) is 4.37. The summed E-state index contributed by atoms with van der Waals surface area (Å²) in [7, 11) is 0. The van der Waals surface area contributed by atoms with Gasteiger partial charge in [-0.05, 0) is 6.92 Å². The van der Waals surface area contributed by atoms with Crippen LogP contribution in [0.5, 0.6) is 0 Å². The lowest BCUT2D eigenvalue weighted by molar-refractivity contribution is -0.498. The summed E-state index contributed by atoms with van der Waals surface area (Å²) in [6, 6.07) is 7.20. The second-order valence-corrected chi connectivity index (χ2v) is 3.40. The van der Waals surface area contributed by atoms with Gasteiger partial charge in [0.1, 0.15) is 0 Å². The minimum absolute atomic E-state index is 0.370. The van der Waals surface area contributed by atoms with Crippen molar-refractivity contribution in [3.63, 3.8) is 0 Å². The fourth-order valence-corrected chi connectivity index (χ4v) is 1.15. The summed E-state index contributed by atoms with van der Waals surface area (Å²) in [5, 5.41) is 10.3. The van der Waals surface area contributed by atoms with Gasteiger partial charge in [0.2, 0.25) is 0 Å². The van der Waals surface area contributed by atoms with Crippen molar-refractivity contribution >= 4 is 15.9 Å². The van der Waals surface area contributed by atoms with Gasteiger partial charge in [0.05, 0.1) is 0 Å². The molecule has 0 aliphatic heterocycles. The molecule has 1 unspecified atom stereocenters. The van der Waals surface area contributed by atoms with Gasteiger partial charge in [-0.25, -0.2) is 0 Å². The first kappa shape index (κ1) is 9.19. The molecule has 0 radical (unpaired) electrons. The minimum atomic E-state index is -0.793. The zero-order valence-corrected chi connectivity index (χ0v) is 8.11. The molecule has 0 saturated heterocycles. The maximum absolute atomic E-state index is 10.3. The van der Waals surface area contributed by atoms with Crippen LogP contribution < -0.4 is 0 Å². The van der Waals surface area contributed by atoms with Gasteiger partial charge in [-0.3, -0.25) is 10.1 Å². The molecule has 4 heteroatoms. The molecule has 1 rings (SSSR count). The molecule has 1 atom stereocenters. The van der Waals surface area contributed by atoms with Crippen molar-refractivity contribution in [1.29, 1.82) is 0 Å². The second kappa shape index (κ2) is 3.67. The molecular formula is C8H8BrNO2. The number of rotatable bonds is 2. The van der Waals surface area contributed by atoms with Crippen LogP contribution in [0.15, 0.2) is 24.3 Å². The van der Waals surface area contributed by atoms with Crippen LogP contribution in [-0.2, 0) is 0 Å². The van der Waals surface area contributed by atoms with Crippen LogP contribution in [0.25, 0.3) is 0 Å². The first-order valence-electron chi connectivity index (χ1n) is 3.45. The van der Waals surface area contributed by atoms with E-state index in [2.05, 4.69) is 15.9 Å². The predicted octanol–water partition coefficient (Wildman–Crippen LogP) is 2.67. The van der Waals surface area contributed by atoms with Crippen molar-refractivity contribution in [2.45, 2.75) is 11.9 Å². The molecule has 0 fully saturated rings. The molecular weight excluding hydrogens is 222 g/mol. The number of nitrogens with zero attached hydrogens (tertiary/aromatic N) is 1. The SMILES string of the molecule is Cc1ccc(C(Br)[N+](=O)[O-])cc1. The van der Waals surface area contributed by atoms with Crippen LogP contribution in [0.1, 0.15) is 16.1 Å². The highest BCUT2D eigenvalue weighted by Gasteiger charge is 2.16. The van der Waals surface area contributed by atoms with Crippen molar-refractivity contribution in [3.05, 3.63) is 45.5 Å². The van der Waals surface area contributed by atoms with Crippen LogP contribution >= 0.6 is 15.9 Å². The average molecular weight is 230 g/mol. The van der Waals surface area contributed by atoms with E-state index in [0.29, 0.717) is 5.56 Å². The summed E-state index contributed by atoms with van der Waals surface area (Å²) in [4.78, 5) is 9.18. The minimum Gasteiger partial charge on any atom is -0.263 e. The Kier molecular flexibility index (Phi) is 2.81. The van der Waals surface area contributed by atoms with Crippen molar-refractivity contribution in [3.8, 4) is 0 Å². The smallest absolute Gasteiger partial charge is 0.263 e. The Labute approximate surface area is 78.7 Å². The lowest BCUT2D eigenvalue weighted by atomic mass is 10.1. The third-order valence-electron chi connectivity index (χ3n) is 1.54. The Balaban J connectivity index is 2.89. The van der Waals surface area contributed by atoms with Crippen LogP contribution in [0.4, 0.5) is 0 Å². The highest BCUT2D eigenvalue weighted by molar-refractivity contribution is 9.09. The maximum atomic E-state index is 10.3. The molecule has 0 saturated carbocycles. The second-order valence-electron chi connectivity index (χ2n) is 2.53. The van der Waals surface area contributed by atoms with Gasteiger partial charge in [-0.15, -0.1) is 0 Å². The quantitative estimate of drug-likeness (QED) is 0.339. The maximum Gasteiger partial charge on any atom is 0.290 e. The molecule has 0 amide bonds. The topological polar surface area (TPSA) is 43.1 Å². The highest BCUT2D eigenvalue weighted by atomic mass is 79.9. The summed E-state index contributed by atoms with van der Waals surface area (Å²) in [5.74, 6) is 0. The zero-order chi connectivity index (χ0) is 9.14. The van der Waals surface area contributed by atoms with Gasteiger partial charge in [-0.1, -0.05) is 29.8 Å². The average Bonchev–Trinajstić information content (AvgIpc) is 2.04. The van der Waals surface area contributed by atoms with E-state index in [1.807, 2.05) is 19.1 Å². The largest absolute Gasteiger partial charge is 0.290 e. The van der Waals surface area contributed by atoms with Crippen molar-refractivity contribution in [2.75, 3.05) is 0 Å². The molecule has 1 aromatic rings. The molecule has 1 aromatic carbocycles. The molecule has 0 spiro atoms. The molecule has 0 bridgehead atoms. The Morgan fingerprint density at radius 2 is 1.92 bits per heavy atom. The first-order chi connectivity index (χ1) is 5.61. The van der Waals surface area contributed by atoms with Gasteiger partial charge >= 0.3 is 0 Å². The van der Waals surface area contributed by atoms with Crippen LogP contribution in [0.2, 0.25) is 0 Å². The number of nitro groups is 1. The molecule has 0 N–H and O–H groups in total. The molecule has 64 valence electrons. The van der Waals surface area contributed by atoms with E-state index in [9.17, 15) is 10.1 Å². The molecule has 0 aromatic heterocycles. The Hall–Kier alpha value is -0.900. The molecule has 0 aliphatic carbocycles. The third kappa shape index (κ3) is 2.04. The van der Waals surface area contributed by atoms with Crippen molar-refractivity contribution in [2.24, 2.45) is 0 Å². The lowest BCUT2D eigenvalue weighted by Gasteiger charge is -2.01. The van der Waals surface area contributed by atoms with Crippen LogP contribution in [0, 0.1) is 17.0 Å². The summed E-state index contributed by atoms with van der Waals surface area (Å²) in [6.45, 7) is 1.94. The van der Waals surface area contributed by atoms with Gasteiger partial charge in [0.25, 0.3) is 4.95 Å². The van der Waals surface area contributed by atoms with E-state index < -0.39 is 4.95 Å². The number of halogens is 1. The molecule has 3 nitrogen and oxygen atoms in total. The number of hydrogen-bond acceptors (Lipinski definition) is 2. The fraction of sp³-hybridized carbons (Fsp3) is 0.250. The third-order valence-corrected chi connectivity index (χ3v) is 2.40. The predicted molar refractivity (Wildman–Crippen MR) is 49.8 cm³/mol. The zero-order valence-electron chi connectivity index (χ0n) is 6.53. The number of aryl methyl sites for hydroxylation is 1. The van der Waals surface area contributed by atoms with Gasteiger partial charge in [-0.2, -0.15) is 0 Å². The monoisotopic (exact) mass is 229 g/mol. The number of hydrogen-bond donors (Lipinski definition) is 0. The Bertz CT molecular complexity index is 284. The van der Waals surface area contributed by atoms with Gasteiger partial charge in [0, 0.05) is 26.4 Å². The molecule has 0 heterocycles. The molecule has 0 aliphatic rings. The van der Waals surface area contributed by atoms with E-state index in [-0.39, 0.29) is 4.92 Å². The van der Waals surface area contributed by atoms with Gasteiger partial charge in [0.15, 0.2) is 0 Å². The van der Waals surface area contributed by atoms with E-state index in [1.54, 1.807) is 12.1 Å². The normalized spacial score (nSPS) is 12.5. The van der Waals surface area contributed by atoms with E-state index >= 15 is 0 Å². The van der Waals surface area contributed by atoms with Crippen LogP contribution in [-0.4, -0.2) is 4.92 Å². The number of alkyl halides is 1. The molecule has 12 heavy (non-hydrogen) atoms. The summed E-state index contributed by atoms with van der Waals surface area (Å²) >= 11 is 2.98. The van der Waals surface area contributed by atoms with Crippen LogP contribution in [0.3, 0.4) is 0 Å². The number of benzene rings is 1. The standard InChI is InChI=1S/C8H8BrNO2/c1-6-2-4-7(5-3-6)8(9)10(11)12/h2-5,8H,1H3. The van der Waals surface area contributed by atoms with E-state index in [0.717, 1.165) is 5.56 Å². The van der Waals surface area contributed by atoms with E-state index in [4.69, 9.17) is 0 Å². The van der Waals surface area contributed by atoms with E-state index in [1.165, 1.54) is 0 Å². The van der Waals surface area contributed by atoms with Crippen molar-refractivity contribution in [1.82, 2.24) is 0 Å². The van der Waals surface area contributed by atoms with Crippen molar-refractivity contribution < 1.29 is 4.92 Å². The Morgan fingerprint density at radius 3 is 2.33 bits per heavy atom. The summed E-state index contributed by atoms with van der Waals surface area (Å²) in [5.41, 5.74) is 1.77. The summed E-state index contributed by atoms with van der Waals surface area (Å²) < 4.78 is 0. The highest BCUT2D eigenvalue weighted by Crippen LogP contribution is 2.22. The fourth-order valence-electron chi connectivity index (χ4n) is 0.847. The summed E-state index contributed by atoms with van der Waals surface area (Å²) in [6.07, 6.45) is 0.